The lowest BCUT2D eigenvalue weighted by molar-refractivity contribution is 0.142. The van der Waals surface area contributed by atoms with Gasteiger partial charge in [0.15, 0.2) is 0 Å². The highest BCUT2D eigenvalue weighted by atomic mass is 79.9. The average molecular weight is 197 g/mol. The molecule has 1 unspecified atom stereocenters. The smallest absolute Gasteiger partial charge is 0.0592 e. The molecule has 0 fully saturated rings. The fourth-order valence-electron chi connectivity index (χ4n) is 0.469. The molecule has 0 bridgehead atoms. The molecule has 0 spiro atoms. The van der Waals surface area contributed by atoms with Gasteiger partial charge in [0.05, 0.1) is 6.61 Å². The van der Waals surface area contributed by atoms with Crippen molar-refractivity contribution in [2.75, 3.05) is 19.8 Å². The van der Waals surface area contributed by atoms with Crippen LogP contribution in [0.4, 0.5) is 0 Å². The zero-order valence-corrected chi connectivity index (χ0v) is 7.23. The lowest BCUT2D eigenvalue weighted by Crippen LogP contribution is -2.09. The summed E-state index contributed by atoms with van der Waals surface area (Å²) in [7, 11) is 0. The molecule has 0 aromatic heterocycles. The van der Waals surface area contributed by atoms with E-state index in [1.165, 1.54) is 0 Å². The zero-order valence-electron chi connectivity index (χ0n) is 5.64. The molecule has 2 nitrogen and oxygen atoms in total. The van der Waals surface area contributed by atoms with Crippen molar-refractivity contribution in [1.82, 2.24) is 0 Å². The summed E-state index contributed by atoms with van der Waals surface area (Å²) in [4.78, 5) is 0.308. The Balaban J connectivity index is 2.95. The maximum atomic E-state index is 8.45. The lowest BCUT2D eigenvalue weighted by atomic mass is 10.3. The van der Waals surface area contributed by atoms with Gasteiger partial charge in [0.25, 0.3) is 0 Å². The summed E-state index contributed by atoms with van der Waals surface area (Å²) in [6.07, 6.45) is 0.764. The van der Waals surface area contributed by atoms with Gasteiger partial charge in [0, 0.05) is 18.0 Å². The van der Waals surface area contributed by atoms with Gasteiger partial charge in [0.1, 0.15) is 0 Å². The van der Waals surface area contributed by atoms with E-state index in [1.807, 2.05) is 6.92 Å². The van der Waals surface area contributed by atoms with Crippen LogP contribution in [0.1, 0.15) is 13.3 Å². The number of alkyl halides is 1. The van der Waals surface area contributed by atoms with E-state index in [4.69, 9.17) is 9.84 Å². The minimum atomic E-state index is 0.225. The summed E-state index contributed by atoms with van der Waals surface area (Å²) in [6, 6.07) is 0. The molecule has 3 heteroatoms. The Bertz CT molecular complexity index is 59.0. The van der Waals surface area contributed by atoms with E-state index < -0.39 is 0 Å². The van der Waals surface area contributed by atoms with E-state index in [-0.39, 0.29) is 6.61 Å². The molecule has 0 saturated heterocycles. The van der Waals surface area contributed by atoms with Gasteiger partial charge in [-0.2, -0.15) is 0 Å². The fraction of sp³-hybridized carbons (Fsp3) is 1.00. The summed E-state index contributed by atoms with van der Waals surface area (Å²) in [6.45, 7) is 3.62. The van der Waals surface area contributed by atoms with Gasteiger partial charge in [-0.25, -0.2) is 0 Å². The Morgan fingerprint density at radius 1 is 1.67 bits per heavy atom. The molecule has 0 saturated carbocycles. The van der Waals surface area contributed by atoms with Crippen molar-refractivity contribution < 1.29 is 9.84 Å². The molecule has 1 atom stereocenters. The molecule has 0 aliphatic rings. The van der Waals surface area contributed by atoms with Crippen molar-refractivity contribution in [2.24, 2.45) is 0 Å². The normalized spacial score (nSPS) is 13.7. The van der Waals surface area contributed by atoms with Crippen molar-refractivity contribution >= 4 is 15.9 Å². The van der Waals surface area contributed by atoms with E-state index >= 15 is 0 Å². The highest BCUT2D eigenvalue weighted by Crippen LogP contribution is 2.03. The van der Waals surface area contributed by atoms with E-state index in [1.54, 1.807) is 0 Å². The predicted molar refractivity (Wildman–Crippen MR) is 40.9 cm³/mol. The zero-order chi connectivity index (χ0) is 7.11. The second kappa shape index (κ2) is 6.52. The highest BCUT2D eigenvalue weighted by molar-refractivity contribution is 9.09. The molecule has 56 valence electrons. The first-order valence-electron chi connectivity index (χ1n) is 3.14. The van der Waals surface area contributed by atoms with E-state index in [0.29, 0.717) is 11.4 Å². The summed E-state index contributed by atoms with van der Waals surface area (Å²) >= 11 is 3.35. The third kappa shape index (κ3) is 6.28. The largest absolute Gasteiger partial charge is 0.396 e. The molecular weight excluding hydrogens is 184 g/mol. The molecule has 1 N–H and O–H groups in total. The molecule has 0 aromatic carbocycles. The van der Waals surface area contributed by atoms with E-state index in [2.05, 4.69) is 15.9 Å². The SMILES string of the molecule is CCOCC(Br)CCO. The maximum absolute atomic E-state index is 8.45. The number of halogens is 1. The van der Waals surface area contributed by atoms with Crippen molar-refractivity contribution in [1.29, 1.82) is 0 Å². The monoisotopic (exact) mass is 196 g/mol. The highest BCUT2D eigenvalue weighted by Gasteiger charge is 2.00. The van der Waals surface area contributed by atoms with Crippen LogP contribution in [0.2, 0.25) is 0 Å². The van der Waals surface area contributed by atoms with Crippen LogP contribution in [0, 0.1) is 0 Å². The quantitative estimate of drug-likeness (QED) is 0.670. The summed E-state index contributed by atoms with van der Waals surface area (Å²) in [5.41, 5.74) is 0. The van der Waals surface area contributed by atoms with Crippen LogP contribution in [0.3, 0.4) is 0 Å². The van der Waals surface area contributed by atoms with Crippen LogP contribution in [-0.2, 0) is 4.74 Å². The second-order valence-electron chi connectivity index (χ2n) is 1.77. The molecule has 0 aliphatic carbocycles. The Morgan fingerprint density at radius 2 is 2.33 bits per heavy atom. The van der Waals surface area contributed by atoms with Crippen LogP contribution >= 0.6 is 15.9 Å². The van der Waals surface area contributed by atoms with Crippen LogP contribution < -0.4 is 0 Å². The number of aliphatic hydroxyl groups excluding tert-OH is 1. The lowest BCUT2D eigenvalue weighted by Gasteiger charge is -2.05. The molecule has 0 aliphatic heterocycles. The molecule has 0 heterocycles. The van der Waals surface area contributed by atoms with Crippen molar-refractivity contribution in [2.45, 2.75) is 18.2 Å². The Hall–Kier alpha value is 0.400. The van der Waals surface area contributed by atoms with Crippen LogP contribution in [0.15, 0.2) is 0 Å². The van der Waals surface area contributed by atoms with Gasteiger partial charge in [0.2, 0.25) is 0 Å². The molecule has 0 amide bonds. The average Bonchev–Trinajstić information content (AvgIpc) is 1.85. The third-order valence-corrected chi connectivity index (χ3v) is 1.67. The Kier molecular flexibility index (Phi) is 6.81. The molecule has 0 rings (SSSR count). The first kappa shape index (κ1) is 9.40. The van der Waals surface area contributed by atoms with Gasteiger partial charge < -0.3 is 9.84 Å². The Morgan fingerprint density at radius 3 is 2.78 bits per heavy atom. The molecular formula is C6H13BrO2. The first-order chi connectivity index (χ1) is 4.31. The van der Waals surface area contributed by atoms with E-state index in [0.717, 1.165) is 13.0 Å². The summed E-state index contributed by atoms with van der Waals surface area (Å²) in [5.74, 6) is 0. The van der Waals surface area contributed by atoms with Gasteiger partial charge in [-0.1, -0.05) is 15.9 Å². The minimum Gasteiger partial charge on any atom is -0.396 e. The van der Waals surface area contributed by atoms with Crippen molar-refractivity contribution in [3.63, 3.8) is 0 Å². The van der Waals surface area contributed by atoms with Crippen LogP contribution in [-0.4, -0.2) is 29.8 Å². The van der Waals surface area contributed by atoms with Gasteiger partial charge in [-0.05, 0) is 13.3 Å². The Labute approximate surface area is 64.3 Å². The number of hydrogen-bond acceptors (Lipinski definition) is 2. The number of aliphatic hydroxyl groups is 1. The first-order valence-corrected chi connectivity index (χ1v) is 4.05. The molecule has 0 aromatic rings. The second-order valence-corrected chi connectivity index (χ2v) is 3.06. The number of ether oxygens (including phenoxy) is 1. The predicted octanol–water partition coefficient (Wildman–Crippen LogP) is 1.17. The minimum absolute atomic E-state index is 0.225. The number of hydrogen-bond donors (Lipinski definition) is 1. The summed E-state index contributed by atoms with van der Waals surface area (Å²) < 4.78 is 5.09. The van der Waals surface area contributed by atoms with Crippen molar-refractivity contribution in [3.8, 4) is 0 Å². The summed E-state index contributed by atoms with van der Waals surface area (Å²) in [5, 5.41) is 8.45. The van der Waals surface area contributed by atoms with Crippen LogP contribution in [0.5, 0.6) is 0 Å². The third-order valence-electron chi connectivity index (χ3n) is 0.945. The van der Waals surface area contributed by atoms with Gasteiger partial charge >= 0.3 is 0 Å². The maximum Gasteiger partial charge on any atom is 0.0592 e. The van der Waals surface area contributed by atoms with Gasteiger partial charge in [-0.3, -0.25) is 0 Å². The van der Waals surface area contributed by atoms with E-state index in [9.17, 15) is 0 Å². The number of rotatable bonds is 5. The van der Waals surface area contributed by atoms with Crippen LogP contribution in [0.25, 0.3) is 0 Å². The molecule has 0 radical (unpaired) electrons. The van der Waals surface area contributed by atoms with Gasteiger partial charge in [-0.15, -0.1) is 0 Å². The molecule has 9 heavy (non-hydrogen) atoms. The topological polar surface area (TPSA) is 29.5 Å². The van der Waals surface area contributed by atoms with Crippen molar-refractivity contribution in [3.05, 3.63) is 0 Å². The standard InChI is InChI=1S/C6H13BrO2/c1-2-9-5-6(7)3-4-8/h6,8H,2-5H2,1H3. The fourth-order valence-corrected chi connectivity index (χ4v) is 0.861.